The van der Waals surface area contributed by atoms with Crippen LogP contribution < -0.4 is 4.74 Å². The van der Waals surface area contributed by atoms with Crippen LogP contribution in [-0.2, 0) is 9.53 Å². The Bertz CT molecular complexity index is 607. The molecule has 1 heterocycles. The molecule has 0 radical (unpaired) electrons. The van der Waals surface area contributed by atoms with Crippen LogP contribution in [0.4, 0.5) is 0 Å². The van der Waals surface area contributed by atoms with E-state index in [1.54, 1.807) is 6.92 Å². The van der Waals surface area contributed by atoms with E-state index >= 15 is 0 Å². The number of para-hydroxylation sites is 1. The minimum atomic E-state index is -0.602. The number of esters is 1. The molecule has 20 heavy (non-hydrogen) atoms. The Labute approximate surface area is 118 Å². The molecule has 0 bridgehead atoms. The standard InChI is InChI=1S/C17H16O3/c1-2-19-17(18)16-15(12-8-4-3-5-9-12)13-10-6-7-11-14(13)20-16/h3-11,15-16H,2H2,1H3. The van der Waals surface area contributed by atoms with Gasteiger partial charge < -0.3 is 9.47 Å². The number of fused-ring (bicyclic) bond motifs is 1. The van der Waals surface area contributed by atoms with Gasteiger partial charge in [-0.05, 0) is 18.6 Å². The molecule has 3 nitrogen and oxygen atoms in total. The van der Waals surface area contributed by atoms with E-state index in [1.165, 1.54) is 0 Å². The van der Waals surface area contributed by atoms with Crippen LogP contribution in [-0.4, -0.2) is 18.7 Å². The van der Waals surface area contributed by atoms with E-state index < -0.39 is 6.10 Å². The van der Waals surface area contributed by atoms with E-state index in [4.69, 9.17) is 9.47 Å². The fourth-order valence-electron chi connectivity index (χ4n) is 2.64. The van der Waals surface area contributed by atoms with Gasteiger partial charge in [0.15, 0.2) is 0 Å². The highest BCUT2D eigenvalue weighted by atomic mass is 16.6. The minimum absolute atomic E-state index is 0.105. The van der Waals surface area contributed by atoms with Gasteiger partial charge in [-0.15, -0.1) is 0 Å². The van der Waals surface area contributed by atoms with Gasteiger partial charge in [0.25, 0.3) is 0 Å². The average molecular weight is 268 g/mol. The second kappa shape index (κ2) is 5.37. The zero-order valence-corrected chi connectivity index (χ0v) is 11.3. The van der Waals surface area contributed by atoms with Crippen LogP contribution in [0.25, 0.3) is 0 Å². The van der Waals surface area contributed by atoms with Crippen LogP contribution in [0, 0.1) is 0 Å². The van der Waals surface area contributed by atoms with Crippen molar-refractivity contribution in [2.75, 3.05) is 6.61 Å². The average Bonchev–Trinajstić information content (AvgIpc) is 2.88. The van der Waals surface area contributed by atoms with Crippen LogP contribution in [0.2, 0.25) is 0 Å². The van der Waals surface area contributed by atoms with Gasteiger partial charge in [-0.25, -0.2) is 4.79 Å². The third-order valence-electron chi connectivity index (χ3n) is 3.49. The van der Waals surface area contributed by atoms with Crippen molar-refractivity contribution in [3.8, 4) is 5.75 Å². The molecule has 0 saturated heterocycles. The number of hydrogen-bond donors (Lipinski definition) is 0. The topological polar surface area (TPSA) is 35.5 Å². The lowest BCUT2D eigenvalue weighted by atomic mass is 9.88. The SMILES string of the molecule is CCOC(=O)C1Oc2ccccc2C1c1ccccc1. The predicted molar refractivity (Wildman–Crippen MR) is 75.8 cm³/mol. The summed E-state index contributed by atoms with van der Waals surface area (Å²) in [6.45, 7) is 2.16. The Hall–Kier alpha value is -2.29. The Morgan fingerprint density at radius 1 is 1.10 bits per heavy atom. The molecule has 0 saturated carbocycles. The Morgan fingerprint density at radius 2 is 1.80 bits per heavy atom. The molecular formula is C17H16O3. The van der Waals surface area contributed by atoms with Crippen molar-refractivity contribution >= 4 is 5.97 Å². The van der Waals surface area contributed by atoms with Crippen molar-refractivity contribution in [3.05, 3.63) is 65.7 Å². The van der Waals surface area contributed by atoms with Crippen LogP contribution in [0.3, 0.4) is 0 Å². The largest absolute Gasteiger partial charge is 0.477 e. The monoisotopic (exact) mass is 268 g/mol. The van der Waals surface area contributed by atoms with E-state index in [9.17, 15) is 4.79 Å². The highest BCUT2D eigenvalue weighted by Gasteiger charge is 2.41. The van der Waals surface area contributed by atoms with Crippen LogP contribution >= 0.6 is 0 Å². The maximum atomic E-state index is 12.2. The fourth-order valence-corrected chi connectivity index (χ4v) is 2.64. The summed E-state index contributed by atoms with van der Waals surface area (Å²) >= 11 is 0. The van der Waals surface area contributed by atoms with Gasteiger partial charge in [0.1, 0.15) is 5.75 Å². The molecule has 1 aliphatic rings. The molecule has 2 atom stereocenters. The minimum Gasteiger partial charge on any atom is -0.477 e. The first-order valence-electron chi connectivity index (χ1n) is 6.78. The number of rotatable bonds is 3. The van der Waals surface area contributed by atoms with Crippen molar-refractivity contribution in [3.63, 3.8) is 0 Å². The molecule has 2 aromatic rings. The quantitative estimate of drug-likeness (QED) is 0.802. The van der Waals surface area contributed by atoms with Gasteiger partial charge in [-0.3, -0.25) is 0 Å². The molecule has 0 N–H and O–H groups in total. The first-order chi connectivity index (χ1) is 9.81. The van der Waals surface area contributed by atoms with Gasteiger partial charge >= 0.3 is 5.97 Å². The molecule has 0 amide bonds. The van der Waals surface area contributed by atoms with Gasteiger partial charge in [0, 0.05) is 5.56 Å². The maximum absolute atomic E-state index is 12.2. The van der Waals surface area contributed by atoms with E-state index in [0.717, 1.165) is 16.9 Å². The Kier molecular flexibility index (Phi) is 3.42. The molecule has 1 aliphatic heterocycles. The number of ether oxygens (including phenoxy) is 2. The second-order valence-corrected chi connectivity index (χ2v) is 4.72. The third kappa shape index (κ3) is 2.16. The zero-order chi connectivity index (χ0) is 13.9. The Balaban J connectivity index is 2.03. The summed E-state index contributed by atoms with van der Waals surface area (Å²) in [5.74, 6) is 0.350. The molecule has 0 aromatic heterocycles. The molecule has 0 aliphatic carbocycles. The van der Waals surface area contributed by atoms with Gasteiger partial charge in [0.2, 0.25) is 6.10 Å². The van der Waals surface area contributed by atoms with E-state index in [1.807, 2.05) is 54.6 Å². The molecule has 3 heteroatoms. The lowest BCUT2D eigenvalue weighted by Crippen LogP contribution is -2.31. The summed E-state index contributed by atoms with van der Waals surface area (Å²) in [4.78, 5) is 12.2. The predicted octanol–water partition coefficient (Wildman–Crippen LogP) is 3.14. The lowest BCUT2D eigenvalue weighted by molar-refractivity contribution is -0.151. The summed E-state index contributed by atoms with van der Waals surface area (Å²) in [5.41, 5.74) is 2.10. The normalized spacial score (nSPS) is 20.1. The van der Waals surface area contributed by atoms with Crippen molar-refractivity contribution < 1.29 is 14.3 Å². The van der Waals surface area contributed by atoms with Crippen molar-refractivity contribution in [2.45, 2.75) is 18.9 Å². The molecule has 102 valence electrons. The van der Waals surface area contributed by atoms with E-state index in [-0.39, 0.29) is 11.9 Å². The van der Waals surface area contributed by atoms with Crippen LogP contribution in [0.5, 0.6) is 5.75 Å². The third-order valence-corrected chi connectivity index (χ3v) is 3.49. The zero-order valence-electron chi connectivity index (χ0n) is 11.3. The number of carbonyl (C=O) groups is 1. The Morgan fingerprint density at radius 3 is 2.55 bits per heavy atom. The van der Waals surface area contributed by atoms with Crippen LogP contribution in [0.15, 0.2) is 54.6 Å². The maximum Gasteiger partial charge on any atom is 0.348 e. The lowest BCUT2D eigenvalue weighted by Gasteiger charge is -2.17. The molecule has 2 aromatic carbocycles. The van der Waals surface area contributed by atoms with E-state index in [0.29, 0.717) is 6.61 Å². The smallest absolute Gasteiger partial charge is 0.348 e. The van der Waals surface area contributed by atoms with Gasteiger partial charge in [0.05, 0.1) is 12.5 Å². The molecule has 2 unspecified atom stereocenters. The fraction of sp³-hybridized carbons (Fsp3) is 0.235. The second-order valence-electron chi connectivity index (χ2n) is 4.72. The number of hydrogen-bond acceptors (Lipinski definition) is 3. The number of carbonyl (C=O) groups excluding carboxylic acids is 1. The summed E-state index contributed by atoms with van der Waals surface area (Å²) in [5, 5.41) is 0. The van der Waals surface area contributed by atoms with Crippen LogP contribution in [0.1, 0.15) is 24.0 Å². The summed E-state index contributed by atoms with van der Waals surface area (Å²) in [7, 11) is 0. The molecular weight excluding hydrogens is 252 g/mol. The summed E-state index contributed by atoms with van der Waals surface area (Å²) < 4.78 is 11.0. The van der Waals surface area contributed by atoms with Crippen molar-refractivity contribution in [1.29, 1.82) is 0 Å². The number of benzene rings is 2. The highest BCUT2D eigenvalue weighted by molar-refractivity contribution is 5.79. The highest BCUT2D eigenvalue weighted by Crippen LogP contribution is 2.42. The summed E-state index contributed by atoms with van der Waals surface area (Å²) in [6.07, 6.45) is -0.602. The first-order valence-corrected chi connectivity index (χ1v) is 6.78. The first kappa shape index (κ1) is 12.7. The van der Waals surface area contributed by atoms with Gasteiger partial charge in [-0.1, -0.05) is 48.5 Å². The van der Waals surface area contributed by atoms with Crippen molar-refractivity contribution in [1.82, 2.24) is 0 Å². The summed E-state index contributed by atoms with van der Waals surface area (Å²) in [6, 6.07) is 17.7. The van der Waals surface area contributed by atoms with E-state index in [2.05, 4.69) is 0 Å². The molecule has 0 fully saturated rings. The van der Waals surface area contributed by atoms with Crippen molar-refractivity contribution in [2.24, 2.45) is 0 Å². The van der Waals surface area contributed by atoms with Gasteiger partial charge in [-0.2, -0.15) is 0 Å². The molecule has 0 spiro atoms. The molecule has 3 rings (SSSR count).